The predicted octanol–water partition coefficient (Wildman–Crippen LogP) is 2.65. The monoisotopic (exact) mass is 452 g/mol. The minimum atomic E-state index is -1.23. The lowest BCUT2D eigenvalue weighted by atomic mass is 9.80. The van der Waals surface area contributed by atoms with Gasteiger partial charge in [-0.15, -0.1) is 0 Å². The molecular formula is C25H28N2O6. The molecule has 2 amide bonds. The van der Waals surface area contributed by atoms with Gasteiger partial charge in [-0.05, 0) is 47.4 Å². The van der Waals surface area contributed by atoms with Crippen LogP contribution in [0.3, 0.4) is 0 Å². The molecule has 4 N–H and O–H groups in total. The fourth-order valence-electron chi connectivity index (χ4n) is 4.63. The smallest absolute Gasteiger partial charge is 0.407 e. The van der Waals surface area contributed by atoms with Crippen LogP contribution in [0.2, 0.25) is 0 Å². The van der Waals surface area contributed by atoms with Gasteiger partial charge in [0.2, 0.25) is 5.91 Å². The Morgan fingerprint density at radius 1 is 1.00 bits per heavy atom. The van der Waals surface area contributed by atoms with Crippen LogP contribution in [0.15, 0.2) is 48.5 Å². The molecule has 0 aliphatic heterocycles. The van der Waals surface area contributed by atoms with Gasteiger partial charge in [0, 0.05) is 12.5 Å². The summed E-state index contributed by atoms with van der Waals surface area (Å²) >= 11 is 0. The number of carboxylic acids is 1. The van der Waals surface area contributed by atoms with Crippen LogP contribution in [0, 0.1) is 5.92 Å². The first-order valence-electron chi connectivity index (χ1n) is 11.2. The Labute approximate surface area is 192 Å². The molecule has 2 aliphatic rings. The summed E-state index contributed by atoms with van der Waals surface area (Å²) < 4.78 is 5.43. The number of aliphatic carboxylic acids is 1. The number of hydrogen-bond donors (Lipinski definition) is 4. The predicted molar refractivity (Wildman–Crippen MR) is 121 cm³/mol. The van der Waals surface area contributed by atoms with Crippen LogP contribution in [0.1, 0.15) is 42.7 Å². The number of alkyl carbamates (subject to hydrolysis) is 1. The van der Waals surface area contributed by atoms with Crippen molar-refractivity contribution < 1.29 is 29.3 Å². The molecule has 2 aromatic rings. The summed E-state index contributed by atoms with van der Waals surface area (Å²) in [5.41, 5.74) is 4.33. The molecule has 8 heteroatoms. The molecule has 0 aromatic heterocycles. The number of amides is 2. The van der Waals surface area contributed by atoms with Crippen LogP contribution in [-0.2, 0) is 14.3 Å². The average Bonchev–Trinajstić information content (AvgIpc) is 3.09. The Hall–Kier alpha value is -3.39. The number of hydrogen-bond acceptors (Lipinski definition) is 5. The summed E-state index contributed by atoms with van der Waals surface area (Å²) in [7, 11) is 0. The Balaban J connectivity index is 1.33. The minimum Gasteiger partial charge on any atom is -0.481 e. The van der Waals surface area contributed by atoms with Crippen LogP contribution < -0.4 is 10.6 Å². The van der Waals surface area contributed by atoms with Crippen molar-refractivity contribution in [1.82, 2.24) is 10.6 Å². The molecule has 33 heavy (non-hydrogen) atoms. The number of carboxylic acid groups (broad SMARTS) is 1. The van der Waals surface area contributed by atoms with Gasteiger partial charge in [-0.3, -0.25) is 9.59 Å². The number of rotatable bonds is 9. The number of aliphatic hydroxyl groups excluding tert-OH is 1. The first kappa shape index (κ1) is 22.8. The summed E-state index contributed by atoms with van der Waals surface area (Å²) in [6.45, 7) is 0.435. The maximum absolute atomic E-state index is 12.5. The summed E-state index contributed by atoms with van der Waals surface area (Å²) in [5, 5.41) is 23.6. The van der Waals surface area contributed by atoms with Gasteiger partial charge in [0.1, 0.15) is 12.6 Å². The third kappa shape index (κ3) is 5.34. The third-order valence-corrected chi connectivity index (χ3v) is 6.39. The molecular weight excluding hydrogens is 424 g/mol. The average molecular weight is 453 g/mol. The van der Waals surface area contributed by atoms with E-state index in [1.54, 1.807) is 0 Å². The van der Waals surface area contributed by atoms with Gasteiger partial charge in [-0.25, -0.2) is 4.79 Å². The second-order valence-electron chi connectivity index (χ2n) is 8.69. The quantitative estimate of drug-likeness (QED) is 0.464. The fourth-order valence-corrected chi connectivity index (χ4v) is 4.63. The van der Waals surface area contributed by atoms with E-state index in [4.69, 9.17) is 9.84 Å². The number of fused-ring (bicyclic) bond motifs is 3. The lowest BCUT2D eigenvalue weighted by molar-refractivity contribution is -0.139. The highest BCUT2D eigenvalue weighted by atomic mass is 16.5. The number of nitrogens with one attached hydrogen (secondary N) is 2. The molecule has 0 bridgehead atoms. The molecule has 0 radical (unpaired) electrons. The summed E-state index contributed by atoms with van der Waals surface area (Å²) in [5.74, 6) is -1.54. The normalized spacial score (nSPS) is 19.5. The number of aliphatic hydroxyl groups is 1. The van der Waals surface area contributed by atoms with Gasteiger partial charge >= 0.3 is 12.1 Å². The van der Waals surface area contributed by atoms with Gasteiger partial charge in [-0.2, -0.15) is 0 Å². The van der Waals surface area contributed by atoms with Crippen LogP contribution >= 0.6 is 0 Å². The number of ether oxygens (including phenoxy) is 1. The van der Waals surface area contributed by atoms with E-state index in [1.807, 2.05) is 48.5 Å². The maximum atomic E-state index is 12.5. The minimum absolute atomic E-state index is 0.0747. The molecule has 0 saturated heterocycles. The molecule has 174 valence electrons. The highest BCUT2D eigenvalue weighted by Crippen LogP contribution is 2.44. The standard InChI is InChI=1S/C25H28N2O6/c28-16-11-15(12-16)9-10-26-24(31)22(13-23(29)30)27-25(32)33-14-21-19-7-3-1-5-17(19)18-6-2-4-8-20(18)21/h1-8,15-16,21-22,28H,9-14H2,(H,26,31)(H,27,32)(H,29,30). The number of carbonyl (C=O) groups excluding carboxylic acids is 2. The van der Waals surface area contributed by atoms with Crippen LogP contribution in [-0.4, -0.2) is 53.5 Å². The van der Waals surface area contributed by atoms with Crippen molar-refractivity contribution in [2.75, 3.05) is 13.2 Å². The lowest BCUT2D eigenvalue weighted by Crippen LogP contribution is -2.48. The Morgan fingerprint density at radius 2 is 1.61 bits per heavy atom. The molecule has 4 rings (SSSR count). The van der Waals surface area contributed by atoms with E-state index in [2.05, 4.69) is 10.6 Å². The van der Waals surface area contributed by atoms with Gasteiger partial charge in [0.15, 0.2) is 0 Å². The van der Waals surface area contributed by atoms with E-state index in [-0.39, 0.29) is 18.6 Å². The topological polar surface area (TPSA) is 125 Å². The van der Waals surface area contributed by atoms with E-state index in [0.717, 1.165) is 22.3 Å². The SMILES string of the molecule is O=C(O)CC(NC(=O)OCC1c2ccccc2-c2ccccc21)C(=O)NCCC1CC(O)C1. The van der Waals surface area contributed by atoms with E-state index >= 15 is 0 Å². The van der Waals surface area contributed by atoms with Gasteiger partial charge in [-0.1, -0.05) is 48.5 Å². The van der Waals surface area contributed by atoms with Gasteiger partial charge in [0.25, 0.3) is 0 Å². The summed E-state index contributed by atoms with van der Waals surface area (Å²) in [4.78, 5) is 36.1. The largest absolute Gasteiger partial charge is 0.481 e. The van der Waals surface area contributed by atoms with Crippen molar-refractivity contribution in [3.05, 3.63) is 59.7 Å². The maximum Gasteiger partial charge on any atom is 0.407 e. The number of carbonyl (C=O) groups is 3. The summed E-state index contributed by atoms with van der Waals surface area (Å²) in [6, 6.07) is 14.7. The lowest BCUT2D eigenvalue weighted by Gasteiger charge is -2.31. The zero-order valence-electron chi connectivity index (χ0n) is 18.2. The van der Waals surface area contributed by atoms with Crippen LogP contribution in [0.25, 0.3) is 11.1 Å². The second kappa shape index (κ2) is 10.0. The van der Waals surface area contributed by atoms with Crippen molar-refractivity contribution in [3.8, 4) is 11.1 Å². The highest BCUT2D eigenvalue weighted by Gasteiger charge is 2.31. The first-order chi connectivity index (χ1) is 15.9. The van der Waals surface area contributed by atoms with Crippen LogP contribution in [0.5, 0.6) is 0 Å². The third-order valence-electron chi connectivity index (χ3n) is 6.39. The van der Waals surface area contributed by atoms with Crippen molar-refractivity contribution >= 4 is 18.0 Å². The van der Waals surface area contributed by atoms with Crippen LogP contribution in [0.4, 0.5) is 4.79 Å². The first-order valence-corrected chi connectivity index (χ1v) is 11.2. The molecule has 8 nitrogen and oxygen atoms in total. The van der Waals surface area contributed by atoms with Crippen molar-refractivity contribution in [3.63, 3.8) is 0 Å². The molecule has 0 heterocycles. The Bertz CT molecular complexity index is 988. The van der Waals surface area contributed by atoms with Gasteiger partial charge in [0.05, 0.1) is 12.5 Å². The van der Waals surface area contributed by atoms with Crippen molar-refractivity contribution in [2.24, 2.45) is 5.92 Å². The van der Waals surface area contributed by atoms with E-state index in [9.17, 15) is 19.5 Å². The van der Waals surface area contributed by atoms with E-state index < -0.39 is 30.4 Å². The highest BCUT2D eigenvalue weighted by molar-refractivity contribution is 5.89. The van der Waals surface area contributed by atoms with Crippen molar-refractivity contribution in [2.45, 2.75) is 43.7 Å². The fraction of sp³-hybridized carbons (Fsp3) is 0.400. The molecule has 1 unspecified atom stereocenters. The zero-order valence-corrected chi connectivity index (χ0v) is 18.2. The molecule has 0 spiro atoms. The molecule has 2 aliphatic carbocycles. The Kier molecular flexibility index (Phi) is 6.93. The van der Waals surface area contributed by atoms with E-state index in [0.29, 0.717) is 31.7 Å². The zero-order chi connectivity index (χ0) is 23.4. The van der Waals surface area contributed by atoms with E-state index in [1.165, 1.54) is 0 Å². The number of benzene rings is 2. The summed E-state index contributed by atoms with van der Waals surface area (Å²) in [6.07, 6.45) is 0.492. The van der Waals surface area contributed by atoms with Gasteiger partial charge < -0.3 is 25.6 Å². The van der Waals surface area contributed by atoms with Crippen molar-refractivity contribution in [1.29, 1.82) is 0 Å². The Morgan fingerprint density at radius 3 is 2.18 bits per heavy atom. The molecule has 1 fully saturated rings. The molecule has 1 saturated carbocycles. The molecule has 1 atom stereocenters. The second-order valence-corrected chi connectivity index (χ2v) is 8.69. The molecule has 2 aromatic carbocycles.